The molecule has 20 heavy (non-hydrogen) atoms. The number of aromatic nitrogens is 2. The molecule has 3 nitrogen and oxygen atoms in total. The first-order valence-corrected chi connectivity index (χ1v) is 8.54. The van der Waals surface area contributed by atoms with Gasteiger partial charge in [0.2, 0.25) is 5.62 Å². The minimum Gasteiger partial charge on any atom is -0.320 e. The molecule has 2 aliphatic carbocycles. The SMILES string of the molecule is Cc1cn(C)c(=NC2CCCCC2)n1C1CCCCC1. The second-order valence-corrected chi connectivity index (χ2v) is 6.76. The molecule has 0 saturated heterocycles. The van der Waals surface area contributed by atoms with Crippen molar-refractivity contribution in [3.8, 4) is 0 Å². The summed E-state index contributed by atoms with van der Waals surface area (Å²) >= 11 is 0. The highest BCUT2D eigenvalue weighted by Crippen LogP contribution is 2.28. The Kier molecular flexibility index (Phi) is 4.32. The largest absolute Gasteiger partial charge is 0.320 e. The van der Waals surface area contributed by atoms with Crippen LogP contribution in [-0.2, 0) is 7.05 Å². The molecular formula is C17H29N3. The van der Waals surface area contributed by atoms with Crippen molar-refractivity contribution < 1.29 is 0 Å². The maximum absolute atomic E-state index is 5.14. The van der Waals surface area contributed by atoms with E-state index in [1.54, 1.807) is 0 Å². The Hall–Kier alpha value is -0.990. The molecule has 2 fully saturated rings. The fraction of sp³-hybridized carbons (Fsp3) is 0.824. The smallest absolute Gasteiger partial charge is 0.205 e. The van der Waals surface area contributed by atoms with E-state index in [2.05, 4.69) is 29.3 Å². The van der Waals surface area contributed by atoms with Gasteiger partial charge in [0.05, 0.1) is 6.04 Å². The first-order valence-electron chi connectivity index (χ1n) is 8.54. The first kappa shape index (κ1) is 14.0. The van der Waals surface area contributed by atoms with Gasteiger partial charge in [-0.2, -0.15) is 0 Å². The van der Waals surface area contributed by atoms with Crippen molar-refractivity contribution in [3.63, 3.8) is 0 Å². The molecule has 0 atom stereocenters. The third-order valence-electron chi connectivity index (χ3n) is 5.10. The van der Waals surface area contributed by atoms with Crippen LogP contribution in [0.4, 0.5) is 0 Å². The van der Waals surface area contributed by atoms with Gasteiger partial charge in [-0.3, -0.25) is 0 Å². The molecule has 1 aromatic heterocycles. The lowest BCUT2D eigenvalue weighted by Crippen LogP contribution is -2.31. The van der Waals surface area contributed by atoms with E-state index in [9.17, 15) is 0 Å². The van der Waals surface area contributed by atoms with Crippen molar-refractivity contribution >= 4 is 0 Å². The summed E-state index contributed by atoms with van der Waals surface area (Å²) in [6, 6.07) is 1.25. The highest BCUT2D eigenvalue weighted by atomic mass is 15.2. The van der Waals surface area contributed by atoms with Crippen LogP contribution in [0.15, 0.2) is 11.2 Å². The predicted molar refractivity (Wildman–Crippen MR) is 82.7 cm³/mol. The van der Waals surface area contributed by atoms with Crippen molar-refractivity contribution in [2.75, 3.05) is 0 Å². The van der Waals surface area contributed by atoms with E-state index >= 15 is 0 Å². The van der Waals surface area contributed by atoms with E-state index < -0.39 is 0 Å². The Bertz CT molecular complexity index is 497. The number of rotatable bonds is 2. The van der Waals surface area contributed by atoms with Crippen LogP contribution >= 0.6 is 0 Å². The van der Waals surface area contributed by atoms with E-state index in [-0.39, 0.29) is 0 Å². The summed E-state index contributed by atoms with van der Waals surface area (Å²) in [5, 5.41) is 0. The standard InChI is InChI=1S/C17H29N3/c1-14-13-19(2)17(18-15-9-5-3-6-10-15)20(14)16-11-7-4-8-12-16/h13,15-16H,3-12H2,1-2H3. The summed E-state index contributed by atoms with van der Waals surface area (Å²) in [7, 11) is 2.16. The van der Waals surface area contributed by atoms with Gasteiger partial charge in [0.1, 0.15) is 0 Å². The average Bonchev–Trinajstić information content (AvgIpc) is 2.75. The number of imidazole rings is 1. The van der Waals surface area contributed by atoms with E-state index in [1.807, 2.05) is 0 Å². The van der Waals surface area contributed by atoms with Crippen LogP contribution in [0.25, 0.3) is 0 Å². The minimum absolute atomic E-state index is 0.562. The van der Waals surface area contributed by atoms with Gasteiger partial charge in [0, 0.05) is 25.0 Å². The number of hydrogen-bond acceptors (Lipinski definition) is 1. The van der Waals surface area contributed by atoms with Gasteiger partial charge in [-0.1, -0.05) is 38.5 Å². The van der Waals surface area contributed by atoms with Crippen molar-refractivity contribution in [1.82, 2.24) is 9.13 Å². The highest BCUT2D eigenvalue weighted by molar-refractivity contribution is 5.00. The zero-order valence-electron chi connectivity index (χ0n) is 13.1. The summed E-state index contributed by atoms with van der Waals surface area (Å²) in [5.74, 6) is 0. The first-order chi connectivity index (χ1) is 9.75. The van der Waals surface area contributed by atoms with Crippen molar-refractivity contribution in [2.24, 2.45) is 12.0 Å². The number of nitrogens with zero attached hydrogens (tertiary/aromatic N) is 3. The topological polar surface area (TPSA) is 22.2 Å². The summed E-state index contributed by atoms with van der Waals surface area (Å²) in [4.78, 5) is 5.14. The zero-order chi connectivity index (χ0) is 13.9. The maximum atomic E-state index is 5.14. The highest BCUT2D eigenvalue weighted by Gasteiger charge is 2.20. The van der Waals surface area contributed by atoms with Crippen LogP contribution in [0, 0.1) is 6.92 Å². The van der Waals surface area contributed by atoms with Gasteiger partial charge in [-0.15, -0.1) is 0 Å². The molecule has 0 spiro atoms. The molecule has 3 heteroatoms. The summed E-state index contributed by atoms with van der Waals surface area (Å²) in [5.41, 5.74) is 2.61. The van der Waals surface area contributed by atoms with Crippen LogP contribution in [0.1, 0.15) is 75.9 Å². The van der Waals surface area contributed by atoms with Gasteiger partial charge < -0.3 is 9.13 Å². The molecule has 0 N–H and O–H groups in total. The summed E-state index contributed by atoms with van der Waals surface area (Å²) < 4.78 is 4.78. The molecule has 0 unspecified atom stereocenters. The van der Waals surface area contributed by atoms with Crippen LogP contribution in [0.5, 0.6) is 0 Å². The Labute approximate surface area is 122 Å². The number of hydrogen-bond donors (Lipinski definition) is 0. The molecule has 0 radical (unpaired) electrons. The fourth-order valence-electron chi connectivity index (χ4n) is 4.05. The third kappa shape index (κ3) is 2.87. The molecule has 2 aliphatic rings. The Morgan fingerprint density at radius 3 is 2.20 bits per heavy atom. The van der Waals surface area contributed by atoms with Crippen molar-refractivity contribution in [2.45, 2.75) is 83.2 Å². The van der Waals surface area contributed by atoms with E-state index in [1.165, 1.54) is 75.5 Å². The Morgan fingerprint density at radius 1 is 0.950 bits per heavy atom. The second-order valence-electron chi connectivity index (χ2n) is 6.76. The van der Waals surface area contributed by atoms with Crippen LogP contribution in [0.3, 0.4) is 0 Å². The quantitative estimate of drug-likeness (QED) is 0.782. The van der Waals surface area contributed by atoms with Crippen LogP contribution in [0.2, 0.25) is 0 Å². The van der Waals surface area contributed by atoms with Crippen molar-refractivity contribution in [3.05, 3.63) is 17.5 Å². The van der Waals surface area contributed by atoms with Crippen LogP contribution < -0.4 is 5.62 Å². The van der Waals surface area contributed by atoms with Crippen molar-refractivity contribution in [1.29, 1.82) is 0 Å². The van der Waals surface area contributed by atoms with E-state index in [0.29, 0.717) is 12.1 Å². The van der Waals surface area contributed by atoms with E-state index in [4.69, 9.17) is 4.99 Å². The third-order valence-corrected chi connectivity index (χ3v) is 5.10. The number of aryl methyl sites for hydroxylation is 2. The Morgan fingerprint density at radius 2 is 1.55 bits per heavy atom. The predicted octanol–water partition coefficient (Wildman–Crippen LogP) is 3.87. The van der Waals surface area contributed by atoms with Crippen LogP contribution in [-0.4, -0.2) is 15.2 Å². The molecule has 0 aliphatic heterocycles. The molecule has 1 aromatic rings. The Balaban J connectivity index is 1.94. The molecule has 1 heterocycles. The van der Waals surface area contributed by atoms with Gasteiger partial charge >= 0.3 is 0 Å². The monoisotopic (exact) mass is 275 g/mol. The zero-order valence-corrected chi connectivity index (χ0v) is 13.1. The molecule has 112 valence electrons. The molecular weight excluding hydrogens is 246 g/mol. The summed E-state index contributed by atoms with van der Waals surface area (Å²) in [6.45, 7) is 2.24. The minimum atomic E-state index is 0.562. The molecule has 2 saturated carbocycles. The second kappa shape index (κ2) is 6.19. The average molecular weight is 275 g/mol. The fourth-order valence-corrected chi connectivity index (χ4v) is 4.05. The molecule has 0 bridgehead atoms. The lowest BCUT2D eigenvalue weighted by Gasteiger charge is -2.25. The van der Waals surface area contributed by atoms with Gasteiger partial charge in [-0.25, -0.2) is 4.99 Å². The molecule has 0 amide bonds. The van der Waals surface area contributed by atoms with Gasteiger partial charge in [0.15, 0.2) is 0 Å². The lowest BCUT2D eigenvalue weighted by molar-refractivity contribution is 0.333. The molecule has 0 aromatic carbocycles. The summed E-state index contributed by atoms with van der Waals surface area (Å²) in [6.07, 6.45) is 15.8. The van der Waals surface area contributed by atoms with Gasteiger partial charge in [0.25, 0.3) is 0 Å². The maximum Gasteiger partial charge on any atom is 0.205 e. The van der Waals surface area contributed by atoms with E-state index in [0.717, 1.165) is 0 Å². The normalized spacial score (nSPS) is 23.4. The molecule has 3 rings (SSSR count). The lowest BCUT2D eigenvalue weighted by atomic mass is 9.95. The van der Waals surface area contributed by atoms with Gasteiger partial charge in [-0.05, 0) is 32.6 Å².